The highest BCUT2D eigenvalue weighted by atomic mass is 16.6. The molecule has 4 rings (SSSR count). The third-order valence-electron chi connectivity index (χ3n) is 3.39. The molecule has 1 aromatic carbocycles. The summed E-state index contributed by atoms with van der Waals surface area (Å²) in [6.45, 7) is 0.915. The zero-order valence-corrected chi connectivity index (χ0v) is 11.8. The molecular weight excluding hydrogens is 302 g/mol. The van der Waals surface area contributed by atoms with Crippen LogP contribution in [0, 0.1) is 0 Å². The summed E-state index contributed by atoms with van der Waals surface area (Å²) in [5.41, 5.74) is 0.753. The largest absolute Gasteiger partial charge is 0.493 e. The van der Waals surface area contributed by atoms with Crippen LogP contribution in [0.5, 0.6) is 17.4 Å². The fourth-order valence-electron chi connectivity index (χ4n) is 2.35. The van der Waals surface area contributed by atoms with Gasteiger partial charge >= 0.3 is 5.91 Å². The highest BCUT2D eigenvalue weighted by Gasteiger charge is 2.18. The van der Waals surface area contributed by atoms with Gasteiger partial charge in [-0.3, -0.25) is 4.79 Å². The molecule has 0 atom stereocenters. The van der Waals surface area contributed by atoms with Crippen LogP contribution in [0.3, 0.4) is 0 Å². The van der Waals surface area contributed by atoms with Crippen molar-refractivity contribution in [2.75, 3.05) is 13.2 Å². The smallest absolute Gasteiger partial charge is 0.331 e. The molecule has 3 heterocycles. The topological polar surface area (TPSA) is 109 Å². The number of amides is 1. The Morgan fingerprint density at radius 3 is 2.74 bits per heavy atom. The van der Waals surface area contributed by atoms with E-state index in [1.54, 1.807) is 18.2 Å². The third kappa shape index (κ3) is 2.30. The Morgan fingerprint density at radius 2 is 2.00 bits per heavy atom. The number of aromatic nitrogens is 1. The first kappa shape index (κ1) is 13.4. The van der Waals surface area contributed by atoms with Crippen LogP contribution >= 0.6 is 0 Å². The molecule has 2 N–H and O–H groups in total. The Balaban J connectivity index is 1.74. The number of nitrogens with zero attached hydrogens (tertiary/aromatic N) is 2. The second kappa shape index (κ2) is 5.16. The lowest BCUT2D eigenvalue weighted by Gasteiger charge is -2.17. The van der Waals surface area contributed by atoms with Crippen LogP contribution in [0.4, 0.5) is 5.69 Å². The van der Waals surface area contributed by atoms with E-state index >= 15 is 0 Å². The number of ether oxygens (including phenoxy) is 2. The van der Waals surface area contributed by atoms with Gasteiger partial charge in [0.15, 0.2) is 22.9 Å². The molecule has 0 fully saturated rings. The van der Waals surface area contributed by atoms with Crippen LogP contribution in [0.1, 0.15) is 10.6 Å². The number of carbonyl (C=O) groups excluding carboxylic acids is 1. The van der Waals surface area contributed by atoms with E-state index in [0.717, 1.165) is 0 Å². The van der Waals surface area contributed by atoms with Crippen molar-refractivity contribution in [3.05, 3.63) is 36.3 Å². The maximum atomic E-state index is 11.8. The quantitative estimate of drug-likeness (QED) is 0.706. The molecular formula is C15H11N3O5. The van der Waals surface area contributed by atoms with E-state index in [9.17, 15) is 9.90 Å². The molecule has 0 saturated heterocycles. The number of azo groups is 1. The second-order valence-electron chi connectivity index (χ2n) is 4.85. The van der Waals surface area contributed by atoms with Gasteiger partial charge in [-0.1, -0.05) is 0 Å². The molecule has 0 radical (unpaired) electrons. The maximum absolute atomic E-state index is 11.8. The van der Waals surface area contributed by atoms with E-state index in [1.165, 1.54) is 12.3 Å². The van der Waals surface area contributed by atoms with Gasteiger partial charge < -0.3 is 24.0 Å². The van der Waals surface area contributed by atoms with Gasteiger partial charge in [-0.05, 0) is 18.2 Å². The molecule has 2 aromatic heterocycles. The summed E-state index contributed by atoms with van der Waals surface area (Å²) in [7, 11) is 0. The summed E-state index contributed by atoms with van der Waals surface area (Å²) >= 11 is 0. The van der Waals surface area contributed by atoms with Gasteiger partial charge in [0.05, 0.1) is 11.8 Å². The van der Waals surface area contributed by atoms with E-state index in [4.69, 9.17) is 13.9 Å². The first-order chi connectivity index (χ1) is 11.2. The SMILES string of the molecule is O=C(N=Nc1c(O)[nH]c2cc3c(cc12)OCCO3)c1ccco1. The van der Waals surface area contributed by atoms with Gasteiger partial charge in [-0.15, -0.1) is 10.2 Å². The number of nitrogens with one attached hydrogen (secondary N) is 1. The average molecular weight is 313 g/mol. The molecule has 1 amide bonds. The van der Waals surface area contributed by atoms with Crippen LogP contribution in [-0.2, 0) is 0 Å². The standard InChI is InChI=1S/C15H11N3O5/c19-14(10-2-1-3-21-10)18-17-13-8-6-11-12(23-5-4-22-11)7-9(8)16-15(13)20/h1-3,6-7,16,20H,4-5H2. The Hall–Kier alpha value is -3.29. The number of aromatic hydroxyl groups is 1. The predicted octanol–water partition coefficient (Wildman–Crippen LogP) is 3.16. The molecule has 1 aliphatic rings. The average Bonchev–Trinajstić information content (AvgIpc) is 3.18. The van der Waals surface area contributed by atoms with Crippen molar-refractivity contribution < 1.29 is 23.8 Å². The lowest BCUT2D eigenvalue weighted by molar-refractivity contribution is 0.0968. The van der Waals surface area contributed by atoms with E-state index in [2.05, 4.69) is 15.2 Å². The third-order valence-corrected chi connectivity index (χ3v) is 3.39. The molecule has 3 aromatic rings. The van der Waals surface area contributed by atoms with Crippen molar-refractivity contribution in [2.24, 2.45) is 10.2 Å². The zero-order valence-electron chi connectivity index (χ0n) is 11.8. The summed E-state index contributed by atoms with van der Waals surface area (Å²) in [6.07, 6.45) is 1.37. The van der Waals surface area contributed by atoms with Crippen molar-refractivity contribution in [3.8, 4) is 17.4 Å². The van der Waals surface area contributed by atoms with Gasteiger partial charge in [0, 0.05) is 11.5 Å². The number of hydrogen-bond acceptors (Lipinski definition) is 6. The molecule has 0 saturated carbocycles. The minimum absolute atomic E-state index is 0.0715. The highest BCUT2D eigenvalue weighted by Crippen LogP contribution is 2.42. The molecule has 23 heavy (non-hydrogen) atoms. The lowest BCUT2D eigenvalue weighted by Crippen LogP contribution is -2.15. The molecule has 8 nitrogen and oxygen atoms in total. The van der Waals surface area contributed by atoms with Gasteiger partial charge in [-0.25, -0.2) is 0 Å². The zero-order chi connectivity index (χ0) is 15.8. The van der Waals surface area contributed by atoms with Gasteiger partial charge in [0.2, 0.25) is 5.88 Å². The fraction of sp³-hybridized carbons (Fsp3) is 0.133. The first-order valence-corrected chi connectivity index (χ1v) is 6.86. The summed E-state index contributed by atoms with van der Waals surface area (Å²) in [4.78, 5) is 14.6. The highest BCUT2D eigenvalue weighted by molar-refractivity contribution is 5.97. The summed E-state index contributed by atoms with van der Waals surface area (Å²) in [5, 5.41) is 18.0. The van der Waals surface area contributed by atoms with E-state index in [1.807, 2.05) is 0 Å². The van der Waals surface area contributed by atoms with Crippen LogP contribution in [-0.4, -0.2) is 29.2 Å². The van der Waals surface area contributed by atoms with Crippen molar-refractivity contribution in [2.45, 2.75) is 0 Å². The lowest BCUT2D eigenvalue weighted by atomic mass is 10.2. The molecule has 0 aliphatic carbocycles. The second-order valence-corrected chi connectivity index (χ2v) is 4.85. The number of fused-ring (bicyclic) bond motifs is 2. The Kier molecular flexibility index (Phi) is 3.00. The van der Waals surface area contributed by atoms with Crippen LogP contribution < -0.4 is 9.47 Å². The number of benzene rings is 1. The van der Waals surface area contributed by atoms with Crippen LogP contribution in [0.25, 0.3) is 10.9 Å². The number of hydrogen-bond donors (Lipinski definition) is 2. The minimum Gasteiger partial charge on any atom is -0.493 e. The van der Waals surface area contributed by atoms with E-state index in [0.29, 0.717) is 35.6 Å². The Morgan fingerprint density at radius 1 is 1.22 bits per heavy atom. The number of rotatable bonds is 2. The summed E-state index contributed by atoms with van der Waals surface area (Å²) in [6, 6.07) is 6.45. The first-order valence-electron chi connectivity index (χ1n) is 6.86. The molecule has 0 spiro atoms. The predicted molar refractivity (Wildman–Crippen MR) is 78.5 cm³/mol. The fourth-order valence-corrected chi connectivity index (χ4v) is 2.35. The summed E-state index contributed by atoms with van der Waals surface area (Å²) < 4.78 is 15.9. The van der Waals surface area contributed by atoms with E-state index in [-0.39, 0.29) is 17.3 Å². The maximum Gasteiger partial charge on any atom is 0.331 e. The Bertz CT molecular complexity index is 911. The van der Waals surface area contributed by atoms with Crippen molar-refractivity contribution in [1.29, 1.82) is 0 Å². The monoisotopic (exact) mass is 313 g/mol. The van der Waals surface area contributed by atoms with Crippen molar-refractivity contribution in [1.82, 2.24) is 4.98 Å². The van der Waals surface area contributed by atoms with Crippen molar-refractivity contribution in [3.63, 3.8) is 0 Å². The van der Waals surface area contributed by atoms with Gasteiger partial charge in [0.25, 0.3) is 0 Å². The van der Waals surface area contributed by atoms with Gasteiger partial charge in [-0.2, -0.15) is 0 Å². The van der Waals surface area contributed by atoms with Crippen molar-refractivity contribution >= 4 is 22.5 Å². The number of aromatic amines is 1. The summed E-state index contributed by atoms with van der Waals surface area (Å²) in [5.74, 6) is 0.374. The van der Waals surface area contributed by atoms with Gasteiger partial charge in [0.1, 0.15) is 13.2 Å². The molecule has 116 valence electrons. The Labute approximate surface area is 129 Å². The molecule has 0 unspecified atom stereocenters. The molecule has 0 bridgehead atoms. The normalized spacial score (nSPS) is 13.7. The van der Waals surface area contributed by atoms with Crippen LogP contribution in [0.15, 0.2) is 45.2 Å². The van der Waals surface area contributed by atoms with Crippen LogP contribution in [0.2, 0.25) is 0 Å². The number of furan rings is 1. The molecule has 1 aliphatic heterocycles. The molecule has 8 heteroatoms. The number of H-pyrrole nitrogens is 1. The van der Waals surface area contributed by atoms with E-state index < -0.39 is 5.91 Å². The number of carbonyl (C=O) groups is 1. The minimum atomic E-state index is -0.638.